The molecule has 3 heteroatoms. The normalized spacial score (nSPS) is 11.0. The van der Waals surface area contributed by atoms with E-state index in [1.54, 1.807) is 6.07 Å². The van der Waals surface area contributed by atoms with Crippen LogP contribution < -0.4 is 5.32 Å². The van der Waals surface area contributed by atoms with Gasteiger partial charge in [0.2, 0.25) is 0 Å². The lowest BCUT2D eigenvalue weighted by atomic mass is 10.1. The molecule has 1 aromatic carbocycles. The first kappa shape index (κ1) is 12.6. The number of amides is 1. The van der Waals surface area contributed by atoms with Crippen LogP contribution in [0.2, 0.25) is 0 Å². The zero-order valence-corrected chi connectivity index (χ0v) is 10.3. The highest BCUT2D eigenvalue weighted by Gasteiger charge is 2.15. The minimum absolute atomic E-state index is 0.436. The fourth-order valence-corrected chi connectivity index (χ4v) is 1.22. The van der Waals surface area contributed by atoms with E-state index >= 15 is 0 Å². The van der Waals surface area contributed by atoms with Gasteiger partial charge in [0.25, 0.3) is 0 Å². The number of hydrogen-bond donors (Lipinski definition) is 1. The van der Waals surface area contributed by atoms with Crippen LogP contribution in [0.1, 0.15) is 33.3 Å². The van der Waals surface area contributed by atoms with Gasteiger partial charge in [0.15, 0.2) is 0 Å². The van der Waals surface area contributed by atoms with Gasteiger partial charge in [-0.1, -0.05) is 13.0 Å². The zero-order valence-electron chi connectivity index (χ0n) is 10.3. The predicted octanol–water partition coefficient (Wildman–Crippen LogP) is 3.40. The summed E-state index contributed by atoms with van der Waals surface area (Å²) in [5.74, 6) is 0. The number of nitrogens with one attached hydrogen (secondary N) is 1. The summed E-state index contributed by atoms with van der Waals surface area (Å²) in [5, 5.41) is 2.68. The lowest BCUT2D eigenvalue weighted by molar-refractivity contribution is 0.0636. The van der Waals surface area contributed by atoms with E-state index in [2.05, 4.69) is 18.3 Å². The quantitative estimate of drug-likeness (QED) is 0.829. The lowest BCUT2D eigenvalue weighted by Crippen LogP contribution is -2.27. The van der Waals surface area contributed by atoms with Gasteiger partial charge < -0.3 is 4.74 Å². The Labute approximate surface area is 96.8 Å². The summed E-state index contributed by atoms with van der Waals surface area (Å²) < 4.78 is 5.15. The van der Waals surface area contributed by atoms with E-state index in [9.17, 15) is 4.79 Å². The molecule has 0 saturated carbocycles. The van der Waals surface area contributed by atoms with Gasteiger partial charge in [0.05, 0.1) is 0 Å². The monoisotopic (exact) mass is 220 g/mol. The molecule has 0 aliphatic rings. The standard InChI is InChI=1S/C13H18NO2/c1-5-10-7-6-8-11(9-10)14-12(15)16-13(2,3)4/h7-9H,5H2,1-4H3,(H,14,15). The maximum atomic E-state index is 11.5. The maximum absolute atomic E-state index is 11.5. The number of carbonyl (C=O) groups is 1. The Kier molecular flexibility index (Phi) is 3.93. The van der Waals surface area contributed by atoms with Crippen molar-refractivity contribution in [3.8, 4) is 0 Å². The minimum Gasteiger partial charge on any atom is -0.444 e. The number of ether oxygens (including phenoxy) is 1. The number of anilines is 1. The molecule has 3 nitrogen and oxygen atoms in total. The average molecular weight is 220 g/mol. The summed E-state index contributed by atoms with van der Waals surface area (Å²) in [4.78, 5) is 11.5. The van der Waals surface area contributed by atoms with Crippen molar-refractivity contribution in [2.24, 2.45) is 0 Å². The van der Waals surface area contributed by atoms with E-state index < -0.39 is 11.7 Å². The molecular weight excluding hydrogens is 202 g/mol. The molecule has 1 rings (SSSR count). The van der Waals surface area contributed by atoms with Crippen molar-refractivity contribution in [2.75, 3.05) is 5.32 Å². The first-order valence-electron chi connectivity index (χ1n) is 5.41. The molecule has 0 unspecified atom stereocenters. The minimum atomic E-state index is -0.476. The molecule has 1 N–H and O–H groups in total. The molecule has 87 valence electrons. The van der Waals surface area contributed by atoms with E-state index in [4.69, 9.17) is 4.74 Å². The first-order valence-corrected chi connectivity index (χ1v) is 5.41. The van der Waals surface area contributed by atoms with Crippen molar-refractivity contribution < 1.29 is 9.53 Å². The van der Waals surface area contributed by atoms with Crippen LogP contribution in [0.4, 0.5) is 10.5 Å². The number of benzene rings is 1. The molecule has 1 amide bonds. The number of rotatable bonds is 2. The fraction of sp³-hybridized carbons (Fsp3) is 0.462. The second-order valence-electron chi connectivity index (χ2n) is 4.61. The van der Waals surface area contributed by atoms with Crippen molar-refractivity contribution in [1.82, 2.24) is 0 Å². The fourth-order valence-electron chi connectivity index (χ4n) is 1.22. The highest BCUT2D eigenvalue weighted by molar-refractivity contribution is 5.84. The van der Waals surface area contributed by atoms with Crippen molar-refractivity contribution in [3.05, 3.63) is 29.8 Å². The molecule has 0 aromatic heterocycles. The second-order valence-corrected chi connectivity index (χ2v) is 4.61. The summed E-state index contributed by atoms with van der Waals surface area (Å²) in [6, 6.07) is 8.52. The number of carbonyl (C=O) groups excluding carboxylic acids is 1. The van der Waals surface area contributed by atoms with Gasteiger partial charge >= 0.3 is 6.09 Å². The lowest BCUT2D eigenvalue weighted by Gasteiger charge is -2.19. The first-order chi connectivity index (χ1) is 7.40. The molecule has 0 saturated heterocycles. The molecular formula is C13H18NO2. The van der Waals surface area contributed by atoms with E-state index in [0.717, 1.165) is 12.0 Å². The van der Waals surface area contributed by atoms with Gasteiger partial charge in [-0.05, 0) is 51.0 Å². The van der Waals surface area contributed by atoms with E-state index in [1.165, 1.54) is 0 Å². The van der Waals surface area contributed by atoms with Gasteiger partial charge in [-0.3, -0.25) is 5.32 Å². The highest BCUT2D eigenvalue weighted by atomic mass is 16.6. The molecule has 0 aliphatic heterocycles. The molecule has 0 aliphatic carbocycles. The largest absolute Gasteiger partial charge is 0.444 e. The summed E-state index contributed by atoms with van der Waals surface area (Å²) >= 11 is 0. The summed E-state index contributed by atoms with van der Waals surface area (Å²) in [6.07, 6.45) is 0.481. The molecule has 1 aromatic rings. The van der Waals surface area contributed by atoms with E-state index in [0.29, 0.717) is 5.69 Å². The van der Waals surface area contributed by atoms with E-state index in [1.807, 2.05) is 32.9 Å². The summed E-state index contributed by atoms with van der Waals surface area (Å²) in [7, 11) is 0. The Bertz CT molecular complexity index is 366. The maximum Gasteiger partial charge on any atom is 0.412 e. The topological polar surface area (TPSA) is 38.3 Å². The van der Waals surface area contributed by atoms with Gasteiger partial charge in [-0.15, -0.1) is 0 Å². The zero-order chi connectivity index (χ0) is 12.2. The Morgan fingerprint density at radius 1 is 1.44 bits per heavy atom. The Morgan fingerprint density at radius 2 is 2.12 bits per heavy atom. The van der Waals surface area contributed by atoms with Crippen molar-refractivity contribution in [2.45, 2.75) is 39.7 Å². The van der Waals surface area contributed by atoms with Gasteiger partial charge in [0.1, 0.15) is 5.60 Å². The molecule has 1 radical (unpaired) electrons. The van der Waals surface area contributed by atoms with Crippen molar-refractivity contribution >= 4 is 11.8 Å². The third-order valence-corrected chi connectivity index (χ3v) is 1.90. The molecule has 0 bridgehead atoms. The number of hydrogen-bond acceptors (Lipinski definition) is 2. The van der Waals surface area contributed by atoms with Crippen LogP contribution in [-0.2, 0) is 11.2 Å². The molecule has 16 heavy (non-hydrogen) atoms. The number of aryl methyl sites for hydroxylation is 1. The third-order valence-electron chi connectivity index (χ3n) is 1.90. The van der Waals surface area contributed by atoms with Gasteiger partial charge in [-0.25, -0.2) is 4.79 Å². The third kappa shape index (κ3) is 4.34. The van der Waals surface area contributed by atoms with Crippen molar-refractivity contribution in [1.29, 1.82) is 0 Å². The Hall–Kier alpha value is -1.51. The summed E-state index contributed by atoms with van der Waals surface area (Å²) in [6.45, 7) is 7.56. The van der Waals surface area contributed by atoms with Crippen LogP contribution in [0.3, 0.4) is 0 Å². The highest BCUT2D eigenvalue weighted by Crippen LogP contribution is 2.13. The second kappa shape index (κ2) is 5.01. The molecule has 0 heterocycles. The molecule has 0 atom stereocenters. The molecule has 0 fully saturated rings. The van der Waals surface area contributed by atoms with Crippen LogP contribution >= 0.6 is 0 Å². The van der Waals surface area contributed by atoms with Crippen LogP contribution in [-0.4, -0.2) is 11.7 Å². The predicted molar refractivity (Wildman–Crippen MR) is 64.5 cm³/mol. The smallest absolute Gasteiger partial charge is 0.412 e. The van der Waals surface area contributed by atoms with Crippen LogP contribution in [0, 0.1) is 6.07 Å². The van der Waals surface area contributed by atoms with Crippen molar-refractivity contribution in [3.63, 3.8) is 0 Å². The van der Waals surface area contributed by atoms with Crippen LogP contribution in [0.15, 0.2) is 18.2 Å². The molecule has 0 spiro atoms. The summed E-state index contributed by atoms with van der Waals surface area (Å²) in [5.41, 5.74) is 1.37. The van der Waals surface area contributed by atoms with Gasteiger partial charge in [-0.2, -0.15) is 0 Å². The Balaban J connectivity index is 2.62. The Morgan fingerprint density at radius 3 is 2.69 bits per heavy atom. The van der Waals surface area contributed by atoms with Crippen LogP contribution in [0.25, 0.3) is 0 Å². The average Bonchev–Trinajstić information content (AvgIpc) is 2.15. The van der Waals surface area contributed by atoms with Crippen LogP contribution in [0.5, 0.6) is 0 Å². The SMILES string of the molecule is CCc1c[c]cc(NC(=O)OC(C)(C)C)c1. The van der Waals surface area contributed by atoms with Gasteiger partial charge in [0, 0.05) is 5.69 Å². The van der Waals surface area contributed by atoms with E-state index in [-0.39, 0.29) is 0 Å².